The second-order valence-electron chi connectivity index (χ2n) is 4.77. The number of benzene rings is 2. The molecule has 0 spiro atoms. The Hall–Kier alpha value is -1.65. The summed E-state index contributed by atoms with van der Waals surface area (Å²) in [7, 11) is 1.86. The van der Waals surface area contributed by atoms with Gasteiger partial charge in [-0.05, 0) is 46.3 Å². The standard InChI is InChI=1S/C16H10BrClFNO/c1-20-8-13(11-4-2-9(18)6-15(11)20)16(21)12-5-3-10(19)7-14(12)17/h2-8H,1H3. The van der Waals surface area contributed by atoms with Crippen LogP contribution in [0.4, 0.5) is 4.39 Å². The van der Waals surface area contributed by atoms with Gasteiger partial charge in [0.25, 0.3) is 0 Å². The van der Waals surface area contributed by atoms with E-state index >= 15 is 0 Å². The van der Waals surface area contributed by atoms with Crippen LogP contribution in [0.1, 0.15) is 15.9 Å². The Labute approximate surface area is 134 Å². The first-order valence-electron chi connectivity index (χ1n) is 6.21. The molecule has 106 valence electrons. The molecule has 0 unspecified atom stereocenters. The number of ketones is 1. The summed E-state index contributed by atoms with van der Waals surface area (Å²) in [6.07, 6.45) is 1.76. The zero-order valence-corrected chi connectivity index (χ0v) is 13.4. The van der Waals surface area contributed by atoms with Gasteiger partial charge in [0.1, 0.15) is 5.82 Å². The highest BCUT2D eigenvalue weighted by molar-refractivity contribution is 9.10. The van der Waals surface area contributed by atoms with Gasteiger partial charge >= 0.3 is 0 Å². The molecular formula is C16H10BrClFNO. The van der Waals surface area contributed by atoms with Crippen LogP contribution < -0.4 is 0 Å². The average Bonchev–Trinajstić information content (AvgIpc) is 2.75. The minimum Gasteiger partial charge on any atom is -0.350 e. The molecule has 1 heterocycles. The molecule has 3 rings (SSSR count). The van der Waals surface area contributed by atoms with Crippen LogP contribution in [0.5, 0.6) is 0 Å². The van der Waals surface area contributed by atoms with Gasteiger partial charge in [0.2, 0.25) is 0 Å². The molecule has 2 aromatic carbocycles. The van der Waals surface area contributed by atoms with Gasteiger partial charge in [0.15, 0.2) is 5.78 Å². The van der Waals surface area contributed by atoms with Gasteiger partial charge in [-0.3, -0.25) is 4.79 Å². The third kappa shape index (κ3) is 2.49. The van der Waals surface area contributed by atoms with E-state index in [9.17, 15) is 9.18 Å². The summed E-state index contributed by atoms with van der Waals surface area (Å²) >= 11 is 9.23. The van der Waals surface area contributed by atoms with E-state index < -0.39 is 0 Å². The highest BCUT2D eigenvalue weighted by Crippen LogP contribution is 2.28. The molecule has 0 fully saturated rings. The molecule has 0 amide bonds. The van der Waals surface area contributed by atoms with Crippen molar-refractivity contribution in [3.8, 4) is 0 Å². The topological polar surface area (TPSA) is 22.0 Å². The average molecular weight is 367 g/mol. The van der Waals surface area contributed by atoms with Crippen LogP contribution in [0.3, 0.4) is 0 Å². The summed E-state index contributed by atoms with van der Waals surface area (Å²) in [5.41, 5.74) is 1.87. The third-order valence-corrected chi connectivity index (χ3v) is 4.26. The van der Waals surface area contributed by atoms with Crippen LogP contribution >= 0.6 is 27.5 Å². The Morgan fingerprint density at radius 1 is 1.19 bits per heavy atom. The van der Waals surface area contributed by atoms with Crippen LogP contribution in [0.2, 0.25) is 5.02 Å². The van der Waals surface area contributed by atoms with Crippen LogP contribution in [0.25, 0.3) is 10.9 Å². The Morgan fingerprint density at radius 2 is 1.95 bits per heavy atom. The summed E-state index contributed by atoms with van der Waals surface area (Å²) in [4.78, 5) is 12.7. The van der Waals surface area contributed by atoms with E-state index in [0.29, 0.717) is 20.6 Å². The molecule has 5 heteroatoms. The van der Waals surface area contributed by atoms with Crippen molar-refractivity contribution in [2.24, 2.45) is 7.05 Å². The maximum atomic E-state index is 13.2. The molecule has 0 N–H and O–H groups in total. The zero-order chi connectivity index (χ0) is 15.1. The molecule has 21 heavy (non-hydrogen) atoms. The van der Waals surface area contributed by atoms with Crippen molar-refractivity contribution in [1.82, 2.24) is 4.57 Å². The monoisotopic (exact) mass is 365 g/mol. The smallest absolute Gasteiger partial charge is 0.196 e. The number of rotatable bonds is 2. The second kappa shape index (κ2) is 5.28. The molecule has 0 aliphatic heterocycles. The van der Waals surface area contributed by atoms with Crippen LogP contribution in [-0.4, -0.2) is 10.4 Å². The number of aryl methyl sites for hydroxylation is 1. The van der Waals surface area contributed by atoms with Crippen molar-refractivity contribution in [3.05, 3.63) is 69.0 Å². The first kappa shape index (κ1) is 14.3. The van der Waals surface area contributed by atoms with Crippen LogP contribution in [0, 0.1) is 5.82 Å². The summed E-state index contributed by atoms with van der Waals surface area (Å²) < 4.78 is 15.5. The fourth-order valence-electron chi connectivity index (χ4n) is 2.36. The van der Waals surface area contributed by atoms with Gasteiger partial charge in [-0.1, -0.05) is 17.7 Å². The lowest BCUT2D eigenvalue weighted by molar-refractivity contribution is 0.103. The maximum absolute atomic E-state index is 13.2. The van der Waals surface area contributed by atoms with Crippen molar-refractivity contribution in [3.63, 3.8) is 0 Å². The molecule has 0 aliphatic rings. The summed E-state index contributed by atoms with van der Waals surface area (Å²) in [6.45, 7) is 0. The zero-order valence-electron chi connectivity index (χ0n) is 11.0. The van der Waals surface area contributed by atoms with E-state index in [1.165, 1.54) is 18.2 Å². The summed E-state index contributed by atoms with van der Waals surface area (Å²) in [5.74, 6) is -0.544. The van der Waals surface area contributed by atoms with Crippen molar-refractivity contribution in [2.75, 3.05) is 0 Å². The van der Waals surface area contributed by atoms with Gasteiger partial charge < -0.3 is 4.57 Å². The first-order chi connectivity index (χ1) is 9.97. The number of hydrogen-bond donors (Lipinski definition) is 0. The van der Waals surface area contributed by atoms with Gasteiger partial charge in [-0.2, -0.15) is 0 Å². The molecule has 0 radical (unpaired) electrons. The minimum absolute atomic E-state index is 0.158. The molecule has 0 atom stereocenters. The highest BCUT2D eigenvalue weighted by Gasteiger charge is 2.18. The molecular weight excluding hydrogens is 357 g/mol. The number of nitrogens with zero attached hydrogens (tertiary/aromatic N) is 1. The SMILES string of the molecule is Cn1cc(C(=O)c2ccc(F)cc2Br)c2ccc(Cl)cc21. The quantitative estimate of drug-likeness (QED) is 0.587. The van der Waals surface area contributed by atoms with E-state index in [-0.39, 0.29) is 11.6 Å². The molecule has 2 nitrogen and oxygen atoms in total. The Bertz CT molecular complexity index is 872. The van der Waals surface area contributed by atoms with Crippen molar-refractivity contribution in [2.45, 2.75) is 0 Å². The van der Waals surface area contributed by atoms with Gasteiger partial charge in [-0.25, -0.2) is 4.39 Å². The van der Waals surface area contributed by atoms with Crippen molar-refractivity contribution >= 4 is 44.2 Å². The molecule has 0 saturated carbocycles. The fraction of sp³-hybridized carbons (Fsp3) is 0.0625. The largest absolute Gasteiger partial charge is 0.350 e. The van der Waals surface area contributed by atoms with Gasteiger partial charge in [0, 0.05) is 44.8 Å². The van der Waals surface area contributed by atoms with E-state index in [1.807, 2.05) is 23.7 Å². The molecule has 3 aromatic rings. The number of hydrogen-bond acceptors (Lipinski definition) is 1. The number of halogens is 3. The van der Waals surface area contributed by atoms with Crippen molar-refractivity contribution in [1.29, 1.82) is 0 Å². The fourth-order valence-corrected chi connectivity index (χ4v) is 3.05. The summed E-state index contributed by atoms with van der Waals surface area (Å²) in [6, 6.07) is 9.43. The third-order valence-electron chi connectivity index (χ3n) is 3.37. The van der Waals surface area contributed by atoms with Gasteiger partial charge in [0.05, 0.1) is 0 Å². The van der Waals surface area contributed by atoms with E-state index in [1.54, 1.807) is 12.3 Å². The normalized spacial score (nSPS) is 11.0. The van der Waals surface area contributed by atoms with E-state index in [4.69, 9.17) is 11.6 Å². The Kier molecular flexibility index (Phi) is 3.59. The number of aromatic nitrogens is 1. The maximum Gasteiger partial charge on any atom is 0.196 e. The number of carbonyl (C=O) groups excluding carboxylic acids is 1. The number of carbonyl (C=O) groups is 1. The Balaban J connectivity index is 2.18. The molecule has 1 aromatic heterocycles. The molecule has 0 aliphatic carbocycles. The van der Waals surface area contributed by atoms with Crippen molar-refractivity contribution < 1.29 is 9.18 Å². The summed E-state index contributed by atoms with van der Waals surface area (Å²) in [5, 5.41) is 1.44. The lowest BCUT2D eigenvalue weighted by Gasteiger charge is -2.03. The molecule has 0 saturated heterocycles. The first-order valence-corrected chi connectivity index (χ1v) is 7.39. The van der Waals surface area contributed by atoms with E-state index in [2.05, 4.69) is 15.9 Å². The minimum atomic E-state index is -0.386. The lowest BCUT2D eigenvalue weighted by atomic mass is 10.0. The van der Waals surface area contributed by atoms with Crippen LogP contribution in [-0.2, 0) is 7.05 Å². The van der Waals surface area contributed by atoms with Gasteiger partial charge in [-0.15, -0.1) is 0 Å². The highest BCUT2D eigenvalue weighted by atomic mass is 79.9. The number of fused-ring (bicyclic) bond motifs is 1. The molecule has 0 bridgehead atoms. The predicted octanol–water partition coefficient (Wildman–Crippen LogP) is 4.96. The Morgan fingerprint density at radius 3 is 2.67 bits per heavy atom. The van der Waals surface area contributed by atoms with Crippen LogP contribution in [0.15, 0.2) is 47.1 Å². The van der Waals surface area contributed by atoms with E-state index in [0.717, 1.165) is 10.9 Å². The predicted molar refractivity (Wildman–Crippen MR) is 85.5 cm³/mol. The lowest BCUT2D eigenvalue weighted by Crippen LogP contribution is -2.02. The second-order valence-corrected chi connectivity index (χ2v) is 6.06.